The molecule has 6 heteroatoms. The van der Waals surface area contributed by atoms with Crippen LogP contribution >= 0.6 is 12.2 Å². The van der Waals surface area contributed by atoms with Gasteiger partial charge in [0, 0.05) is 13.1 Å². The second-order valence-corrected chi connectivity index (χ2v) is 5.98. The topological polar surface area (TPSA) is 62.8 Å². The molecule has 0 fully saturated rings. The van der Waals surface area contributed by atoms with E-state index in [2.05, 4.69) is 22.8 Å². The van der Waals surface area contributed by atoms with Crippen molar-refractivity contribution in [3.05, 3.63) is 53.6 Å². The third-order valence-corrected chi connectivity index (χ3v) is 4.07. The predicted molar refractivity (Wildman–Crippen MR) is 103 cm³/mol. The summed E-state index contributed by atoms with van der Waals surface area (Å²) in [5, 5.41) is 16.6. The molecule has 0 bridgehead atoms. The van der Waals surface area contributed by atoms with E-state index in [1.165, 1.54) is 12.7 Å². The lowest BCUT2D eigenvalue weighted by Crippen LogP contribution is -2.35. The van der Waals surface area contributed by atoms with E-state index in [9.17, 15) is 5.11 Å². The fraction of sp³-hybridized carbons (Fsp3) is 0.316. The maximum atomic E-state index is 9.59. The molecule has 25 heavy (non-hydrogen) atoms. The van der Waals surface area contributed by atoms with Crippen LogP contribution in [0.25, 0.3) is 0 Å². The second-order valence-electron chi connectivity index (χ2n) is 5.57. The van der Waals surface area contributed by atoms with E-state index < -0.39 is 0 Å². The fourth-order valence-electron chi connectivity index (χ4n) is 2.36. The lowest BCUT2D eigenvalue weighted by atomic mass is 10.1. The molecule has 0 heterocycles. The molecule has 0 atom stereocenters. The number of aromatic hydroxyl groups is 1. The van der Waals surface area contributed by atoms with Crippen LogP contribution in [-0.4, -0.2) is 31.0 Å². The Morgan fingerprint density at radius 3 is 2.40 bits per heavy atom. The highest BCUT2D eigenvalue weighted by Gasteiger charge is 2.03. The Labute approximate surface area is 154 Å². The molecule has 0 aliphatic rings. The van der Waals surface area contributed by atoms with Gasteiger partial charge in [-0.15, -0.1) is 0 Å². The van der Waals surface area contributed by atoms with Gasteiger partial charge in [0.1, 0.15) is 5.75 Å². The molecule has 5 nitrogen and oxygen atoms in total. The number of methoxy groups -OCH3 is 2. The van der Waals surface area contributed by atoms with Gasteiger partial charge in [0.25, 0.3) is 0 Å². The highest BCUT2D eigenvalue weighted by atomic mass is 32.1. The van der Waals surface area contributed by atoms with Crippen molar-refractivity contribution in [1.29, 1.82) is 0 Å². The summed E-state index contributed by atoms with van der Waals surface area (Å²) in [5.41, 5.74) is 2.26. The lowest BCUT2D eigenvalue weighted by Gasteiger charge is -2.12. The summed E-state index contributed by atoms with van der Waals surface area (Å²) in [5.74, 6) is 1.46. The monoisotopic (exact) mass is 360 g/mol. The number of phenols is 1. The average molecular weight is 360 g/mol. The van der Waals surface area contributed by atoms with Crippen LogP contribution in [0.5, 0.6) is 17.2 Å². The van der Waals surface area contributed by atoms with E-state index in [0.29, 0.717) is 17.4 Å². The summed E-state index contributed by atoms with van der Waals surface area (Å²) in [4.78, 5) is 0. The first-order valence-corrected chi connectivity index (χ1v) is 8.53. The number of hydrogen-bond donors (Lipinski definition) is 3. The van der Waals surface area contributed by atoms with Crippen molar-refractivity contribution in [2.45, 2.75) is 19.4 Å². The van der Waals surface area contributed by atoms with Crippen molar-refractivity contribution < 1.29 is 14.6 Å². The van der Waals surface area contributed by atoms with Crippen molar-refractivity contribution in [1.82, 2.24) is 10.6 Å². The summed E-state index contributed by atoms with van der Waals surface area (Å²) in [7, 11) is 3.20. The molecule has 2 aromatic rings. The zero-order chi connectivity index (χ0) is 18.1. The molecule has 2 rings (SSSR count). The molecule has 2 aromatic carbocycles. The maximum absolute atomic E-state index is 9.59. The highest BCUT2D eigenvalue weighted by Crippen LogP contribution is 2.26. The number of phenolic OH excluding ortho intramolecular Hbond substituents is 1. The van der Waals surface area contributed by atoms with Crippen molar-refractivity contribution in [2.75, 3.05) is 20.8 Å². The fourth-order valence-corrected chi connectivity index (χ4v) is 2.54. The summed E-state index contributed by atoms with van der Waals surface area (Å²) in [6.07, 6.45) is 1.97. The number of hydrogen-bond acceptors (Lipinski definition) is 4. The van der Waals surface area contributed by atoms with Gasteiger partial charge < -0.3 is 25.2 Å². The molecule has 0 amide bonds. The number of ether oxygens (including phenoxy) is 2. The largest absolute Gasteiger partial charge is 0.504 e. The van der Waals surface area contributed by atoms with E-state index in [0.717, 1.165) is 30.7 Å². The number of aryl methyl sites for hydroxylation is 1. The van der Waals surface area contributed by atoms with Crippen LogP contribution in [0.3, 0.4) is 0 Å². The number of nitrogens with one attached hydrogen (secondary N) is 2. The molecule has 0 radical (unpaired) electrons. The smallest absolute Gasteiger partial charge is 0.166 e. The van der Waals surface area contributed by atoms with E-state index in [1.807, 2.05) is 18.2 Å². The van der Waals surface area contributed by atoms with E-state index in [1.54, 1.807) is 19.2 Å². The van der Waals surface area contributed by atoms with E-state index >= 15 is 0 Å². The quantitative estimate of drug-likeness (QED) is 0.497. The van der Waals surface area contributed by atoms with Crippen molar-refractivity contribution in [2.24, 2.45) is 0 Å². The van der Waals surface area contributed by atoms with Crippen molar-refractivity contribution in [3.63, 3.8) is 0 Å². The molecular formula is C19H24N2O3S. The molecule has 0 spiro atoms. The van der Waals surface area contributed by atoms with Crippen LogP contribution < -0.4 is 20.1 Å². The number of rotatable bonds is 8. The lowest BCUT2D eigenvalue weighted by molar-refractivity contribution is 0.373. The van der Waals surface area contributed by atoms with Crippen LogP contribution in [0.2, 0.25) is 0 Å². The van der Waals surface area contributed by atoms with Crippen molar-refractivity contribution in [3.8, 4) is 17.2 Å². The maximum Gasteiger partial charge on any atom is 0.166 e. The van der Waals surface area contributed by atoms with Crippen LogP contribution in [0.4, 0.5) is 0 Å². The first kappa shape index (κ1) is 18.9. The molecule has 3 N–H and O–H groups in total. The summed E-state index contributed by atoms with van der Waals surface area (Å²) in [6, 6.07) is 13.3. The van der Waals surface area contributed by atoms with Gasteiger partial charge in [-0.05, 0) is 60.5 Å². The Morgan fingerprint density at radius 2 is 1.72 bits per heavy atom. The molecule has 0 saturated heterocycles. The first-order valence-electron chi connectivity index (χ1n) is 8.13. The van der Waals surface area contributed by atoms with Crippen LogP contribution in [-0.2, 0) is 13.0 Å². The highest BCUT2D eigenvalue weighted by molar-refractivity contribution is 7.80. The van der Waals surface area contributed by atoms with Gasteiger partial charge in [-0.25, -0.2) is 0 Å². The number of thiocarbonyl (C=S) groups is 1. The minimum Gasteiger partial charge on any atom is -0.504 e. The minimum atomic E-state index is 0.130. The Bertz CT molecular complexity index is 690. The van der Waals surface area contributed by atoms with Gasteiger partial charge in [-0.3, -0.25) is 0 Å². The standard InChI is InChI=1S/C19H24N2O3S/c1-23-16-8-5-14(6-9-16)4-3-11-20-19(25)21-13-15-7-10-17(22)18(12-15)24-2/h5-10,12,22H,3-4,11,13H2,1-2H3,(H2,20,21,25). The van der Waals surface area contributed by atoms with Gasteiger partial charge >= 0.3 is 0 Å². The normalized spacial score (nSPS) is 10.2. The Hall–Kier alpha value is -2.47. The first-order chi connectivity index (χ1) is 12.1. The molecular weight excluding hydrogens is 336 g/mol. The van der Waals surface area contributed by atoms with Crippen molar-refractivity contribution >= 4 is 17.3 Å². The zero-order valence-corrected chi connectivity index (χ0v) is 15.4. The van der Waals surface area contributed by atoms with Gasteiger partial charge in [0.2, 0.25) is 0 Å². The SMILES string of the molecule is COc1ccc(CCCNC(=S)NCc2ccc(O)c(OC)c2)cc1. The van der Waals surface area contributed by atoms with E-state index in [-0.39, 0.29) is 5.75 Å². The Kier molecular flexibility index (Phi) is 7.35. The van der Waals surface area contributed by atoms with Gasteiger partial charge in [0.15, 0.2) is 16.6 Å². The number of benzene rings is 2. The summed E-state index contributed by atoms with van der Waals surface area (Å²) in [6.45, 7) is 1.37. The minimum absolute atomic E-state index is 0.130. The molecule has 0 aromatic heterocycles. The molecule has 0 saturated carbocycles. The summed E-state index contributed by atoms with van der Waals surface area (Å²) >= 11 is 5.28. The van der Waals surface area contributed by atoms with E-state index in [4.69, 9.17) is 21.7 Å². The molecule has 0 aliphatic heterocycles. The molecule has 0 unspecified atom stereocenters. The van der Waals surface area contributed by atoms with Gasteiger partial charge in [0.05, 0.1) is 14.2 Å². The third kappa shape index (κ3) is 6.15. The van der Waals surface area contributed by atoms with Crippen LogP contribution in [0.15, 0.2) is 42.5 Å². The Balaban J connectivity index is 1.66. The summed E-state index contributed by atoms with van der Waals surface area (Å²) < 4.78 is 10.2. The Morgan fingerprint density at radius 1 is 1.00 bits per heavy atom. The van der Waals surface area contributed by atoms with Gasteiger partial charge in [-0.2, -0.15) is 0 Å². The van der Waals surface area contributed by atoms with Gasteiger partial charge in [-0.1, -0.05) is 18.2 Å². The zero-order valence-electron chi connectivity index (χ0n) is 14.5. The second kappa shape index (κ2) is 9.74. The third-order valence-electron chi connectivity index (χ3n) is 3.78. The predicted octanol–water partition coefficient (Wildman–Crippen LogP) is 3.01. The average Bonchev–Trinajstić information content (AvgIpc) is 2.65. The molecule has 134 valence electrons. The molecule has 0 aliphatic carbocycles. The van der Waals surface area contributed by atoms with Crippen LogP contribution in [0.1, 0.15) is 17.5 Å². The van der Waals surface area contributed by atoms with Crippen LogP contribution in [0, 0.1) is 0 Å².